The van der Waals surface area contributed by atoms with Gasteiger partial charge in [-0.1, -0.05) is 6.92 Å². The molecule has 1 aliphatic carbocycles. The lowest BCUT2D eigenvalue weighted by Gasteiger charge is -2.22. The molecule has 16 heavy (non-hydrogen) atoms. The minimum atomic E-state index is -0.794. The van der Waals surface area contributed by atoms with Crippen molar-refractivity contribution in [3.63, 3.8) is 0 Å². The average molecular weight is 223 g/mol. The Labute approximate surface area is 95.4 Å². The number of nitrogens with zero attached hydrogens (tertiary/aromatic N) is 2. The SMILES string of the molecule is CNC(=O)C(C)CN(C)C(=O)C1(C#N)CC1. The molecule has 5 heteroatoms. The van der Waals surface area contributed by atoms with E-state index in [-0.39, 0.29) is 17.7 Å². The van der Waals surface area contributed by atoms with Gasteiger partial charge in [-0.05, 0) is 12.8 Å². The summed E-state index contributed by atoms with van der Waals surface area (Å²) in [5, 5.41) is 11.4. The van der Waals surface area contributed by atoms with Gasteiger partial charge in [-0.15, -0.1) is 0 Å². The van der Waals surface area contributed by atoms with Gasteiger partial charge in [0.15, 0.2) is 0 Å². The maximum atomic E-state index is 11.9. The third kappa shape index (κ3) is 2.32. The normalized spacial score (nSPS) is 18.1. The van der Waals surface area contributed by atoms with Crippen LogP contribution in [0.4, 0.5) is 0 Å². The minimum Gasteiger partial charge on any atom is -0.359 e. The summed E-state index contributed by atoms with van der Waals surface area (Å²) >= 11 is 0. The predicted molar refractivity (Wildman–Crippen MR) is 58.1 cm³/mol. The van der Waals surface area contributed by atoms with Crippen LogP contribution in [0.1, 0.15) is 19.8 Å². The monoisotopic (exact) mass is 223 g/mol. The lowest BCUT2D eigenvalue weighted by molar-refractivity contribution is -0.135. The van der Waals surface area contributed by atoms with E-state index in [4.69, 9.17) is 5.26 Å². The first-order valence-electron chi connectivity index (χ1n) is 5.35. The van der Waals surface area contributed by atoms with Crippen molar-refractivity contribution in [3.8, 4) is 6.07 Å². The molecule has 1 atom stereocenters. The van der Waals surface area contributed by atoms with Crippen LogP contribution >= 0.6 is 0 Å². The van der Waals surface area contributed by atoms with E-state index in [1.165, 1.54) is 4.90 Å². The number of hydrogen-bond acceptors (Lipinski definition) is 3. The number of amides is 2. The van der Waals surface area contributed by atoms with Gasteiger partial charge in [0.25, 0.3) is 0 Å². The van der Waals surface area contributed by atoms with Gasteiger partial charge in [0.2, 0.25) is 11.8 Å². The summed E-state index contributed by atoms with van der Waals surface area (Å²) in [5.74, 6) is -0.513. The first kappa shape index (κ1) is 12.5. The topological polar surface area (TPSA) is 73.2 Å². The summed E-state index contributed by atoms with van der Waals surface area (Å²) in [6.07, 6.45) is 1.28. The van der Waals surface area contributed by atoms with Crippen LogP contribution in [0.2, 0.25) is 0 Å². The van der Waals surface area contributed by atoms with Crippen LogP contribution in [0.3, 0.4) is 0 Å². The van der Waals surface area contributed by atoms with E-state index >= 15 is 0 Å². The Kier molecular flexibility index (Phi) is 3.53. The number of nitrogens with one attached hydrogen (secondary N) is 1. The minimum absolute atomic E-state index is 0.0959. The molecule has 1 unspecified atom stereocenters. The van der Waals surface area contributed by atoms with Crippen molar-refractivity contribution in [2.24, 2.45) is 11.3 Å². The van der Waals surface area contributed by atoms with Crippen LogP contribution < -0.4 is 5.32 Å². The van der Waals surface area contributed by atoms with Gasteiger partial charge in [0.1, 0.15) is 5.41 Å². The second-order valence-corrected chi connectivity index (χ2v) is 4.39. The maximum Gasteiger partial charge on any atom is 0.242 e. The van der Waals surface area contributed by atoms with Gasteiger partial charge in [-0.3, -0.25) is 9.59 Å². The molecule has 0 saturated heterocycles. The molecule has 1 fully saturated rings. The van der Waals surface area contributed by atoms with Gasteiger partial charge in [0, 0.05) is 20.6 Å². The molecule has 0 aromatic rings. The van der Waals surface area contributed by atoms with E-state index in [1.807, 2.05) is 0 Å². The highest BCUT2D eigenvalue weighted by molar-refractivity contribution is 5.88. The largest absolute Gasteiger partial charge is 0.359 e. The third-order valence-corrected chi connectivity index (χ3v) is 2.96. The maximum absolute atomic E-state index is 11.9. The lowest BCUT2D eigenvalue weighted by atomic mass is 10.1. The first-order chi connectivity index (χ1) is 7.46. The Hall–Kier alpha value is -1.57. The van der Waals surface area contributed by atoms with E-state index in [0.717, 1.165) is 0 Å². The summed E-state index contributed by atoms with van der Waals surface area (Å²) in [6, 6.07) is 2.06. The zero-order chi connectivity index (χ0) is 12.3. The van der Waals surface area contributed by atoms with Gasteiger partial charge >= 0.3 is 0 Å². The fraction of sp³-hybridized carbons (Fsp3) is 0.727. The third-order valence-electron chi connectivity index (χ3n) is 2.96. The zero-order valence-electron chi connectivity index (χ0n) is 9.91. The van der Waals surface area contributed by atoms with Crippen molar-refractivity contribution in [1.29, 1.82) is 5.26 Å². The molecule has 88 valence electrons. The van der Waals surface area contributed by atoms with Gasteiger partial charge in [-0.2, -0.15) is 5.26 Å². The molecule has 1 N–H and O–H groups in total. The second kappa shape index (κ2) is 4.52. The quantitative estimate of drug-likeness (QED) is 0.736. The van der Waals surface area contributed by atoms with Crippen molar-refractivity contribution >= 4 is 11.8 Å². The fourth-order valence-electron chi connectivity index (χ4n) is 1.69. The average Bonchev–Trinajstić information content (AvgIpc) is 3.07. The highest BCUT2D eigenvalue weighted by atomic mass is 16.2. The lowest BCUT2D eigenvalue weighted by Crippen LogP contribution is -2.40. The fourth-order valence-corrected chi connectivity index (χ4v) is 1.69. The molecule has 1 saturated carbocycles. The number of carbonyl (C=O) groups excluding carboxylic acids is 2. The molecule has 1 aliphatic rings. The first-order valence-corrected chi connectivity index (χ1v) is 5.35. The highest BCUT2D eigenvalue weighted by Gasteiger charge is 2.52. The van der Waals surface area contributed by atoms with Crippen molar-refractivity contribution in [3.05, 3.63) is 0 Å². The Morgan fingerprint density at radius 1 is 1.56 bits per heavy atom. The smallest absolute Gasteiger partial charge is 0.242 e. The Morgan fingerprint density at radius 3 is 2.50 bits per heavy atom. The summed E-state index contributed by atoms with van der Waals surface area (Å²) < 4.78 is 0. The summed E-state index contributed by atoms with van der Waals surface area (Å²) in [4.78, 5) is 24.6. The van der Waals surface area contributed by atoms with Crippen molar-refractivity contribution in [2.75, 3.05) is 20.6 Å². The van der Waals surface area contributed by atoms with E-state index in [2.05, 4.69) is 11.4 Å². The molecule has 2 amide bonds. The molecule has 1 rings (SSSR count). The van der Waals surface area contributed by atoms with Gasteiger partial charge < -0.3 is 10.2 Å². The van der Waals surface area contributed by atoms with Crippen LogP contribution in [0.15, 0.2) is 0 Å². The summed E-state index contributed by atoms with van der Waals surface area (Å²) in [5.41, 5.74) is -0.794. The van der Waals surface area contributed by atoms with Crippen LogP contribution in [0.5, 0.6) is 0 Å². The molecule has 0 aromatic heterocycles. The number of rotatable bonds is 4. The number of nitriles is 1. The van der Waals surface area contributed by atoms with E-state index < -0.39 is 5.41 Å². The van der Waals surface area contributed by atoms with Gasteiger partial charge in [0.05, 0.1) is 12.0 Å². The molecule has 0 heterocycles. The summed E-state index contributed by atoms with van der Waals surface area (Å²) in [7, 11) is 3.21. The van der Waals surface area contributed by atoms with E-state index in [1.54, 1.807) is 21.0 Å². The van der Waals surface area contributed by atoms with E-state index in [0.29, 0.717) is 19.4 Å². The number of carbonyl (C=O) groups is 2. The van der Waals surface area contributed by atoms with Crippen LogP contribution in [-0.4, -0.2) is 37.4 Å². The molecule has 0 aliphatic heterocycles. The highest BCUT2D eigenvalue weighted by Crippen LogP contribution is 2.46. The number of hydrogen-bond donors (Lipinski definition) is 1. The molecule has 0 radical (unpaired) electrons. The Morgan fingerprint density at radius 2 is 2.12 bits per heavy atom. The van der Waals surface area contributed by atoms with Crippen molar-refractivity contribution in [2.45, 2.75) is 19.8 Å². The molecule has 5 nitrogen and oxygen atoms in total. The van der Waals surface area contributed by atoms with Crippen molar-refractivity contribution in [1.82, 2.24) is 10.2 Å². The molecule has 0 spiro atoms. The zero-order valence-corrected chi connectivity index (χ0v) is 9.91. The molecular weight excluding hydrogens is 206 g/mol. The van der Waals surface area contributed by atoms with Crippen LogP contribution in [-0.2, 0) is 9.59 Å². The van der Waals surface area contributed by atoms with Crippen LogP contribution in [0.25, 0.3) is 0 Å². The molecular formula is C11H17N3O2. The van der Waals surface area contributed by atoms with E-state index in [9.17, 15) is 9.59 Å². The predicted octanol–water partition coefficient (Wildman–Crippen LogP) is 0.131. The summed E-state index contributed by atoms with van der Waals surface area (Å²) in [6.45, 7) is 2.11. The standard InChI is InChI=1S/C11H17N3O2/c1-8(9(15)13-2)6-14(3)10(16)11(7-12)4-5-11/h8H,4-6H2,1-3H3,(H,13,15). The molecule has 0 aromatic carbocycles. The van der Waals surface area contributed by atoms with Crippen LogP contribution in [0, 0.1) is 22.7 Å². The second-order valence-electron chi connectivity index (χ2n) is 4.39. The Bertz CT molecular complexity index is 342. The molecule has 0 bridgehead atoms. The Balaban J connectivity index is 2.53. The van der Waals surface area contributed by atoms with Crippen molar-refractivity contribution < 1.29 is 9.59 Å². The van der Waals surface area contributed by atoms with Gasteiger partial charge in [-0.25, -0.2) is 0 Å².